The first-order valence-corrected chi connectivity index (χ1v) is 11.0. The van der Waals surface area contributed by atoms with Crippen molar-refractivity contribution < 1.29 is 24.2 Å². The summed E-state index contributed by atoms with van der Waals surface area (Å²) in [5.41, 5.74) is 2.46. The van der Waals surface area contributed by atoms with Crippen molar-refractivity contribution in [3.63, 3.8) is 0 Å². The lowest BCUT2D eigenvalue weighted by Gasteiger charge is -2.17. The Balaban J connectivity index is 1.35. The van der Waals surface area contributed by atoms with Crippen LogP contribution < -0.4 is 14.8 Å². The predicted molar refractivity (Wildman–Crippen MR) is 128 cm³/mol. The van der Waals surface area contributed by atoms with Crippen LogP contribution in [0.15, 0.2) is 60.9 Å². The van der Waals surface area contributed by atoms with Crippen molar-refractivity contribution in [2.75, 3.05) is 32.1 Å². The molecule has 1 heterocycles. The van der Waals surface area contributed by atoms with E-state index >= 15 is 0 Å². The highest BCUT2D eigenvalue weighted by molar-refractivity contribution is 5.90. The van der Waals surface area contributed by atoms with Crippen molar-refractivity contribution in [1.82, 2.24) is 14.7 Å². The Bertz CT molecular complexity index is 1060. The van der Waals surface area contributed by atoms with Gasteiger partial charge in [-0.15, -0.1) is 0 Å². The first kappa shape index (κ1) is 24.8. The minimum absolute atomic E-state index is 0.0271. The number of hydrogen-bond acceptors (Lipinski definition) is 6. The van der Waals surface area contributed by atoms with E-state index in [1.807, 2.05) is 31.2 Å². The topological polar surface area (TPSA) is 106 Å². The number of carbonyl (C=O) groups is 2. The van der Waals surface area contributed by atoms with Crippen LogP contribution in [-0.4, -0.2) is 58.4 Å². The van der Waals surface area contributed by atoms with Crippen molar-refractivity contribution in [2.45, 2.75) is 26.5 Å². The van der Waals surface area contributed by atoms with Gasteiger partial charge in [0.1, 0.15) is 24.7 Å². The molecule has 0 unspecified atom stereocenters. The maximum Gasteiger partial charge on any atom is 0.244 e. The van der Waals surface area contributed by atoms with Gasteiger partial charge >= 0.3 is 0 Å². The maximum atomic E-state index is 12.4. The molecule has 34 heavy (non-hydrogen) atoms. The Morgan fingerprint density at radius 3 is 2.35 bits per heavy atom. The number of nitrogens with zero attached hydrogens (tertiary/aromatic N) is 3. The zero-order chi connectivity index (χ0) is 24.3. The molecule has 0 aliphatic carbocycles. The van der Waals surface area contributed by atoms with Gasteiger partial charge in [-0.05, 0) is 36.8 Å². The van der Waals surface area contributed by atoms with Gasteiger partial charge in [0.25, 0.3) is 0 Å². The van der Waals surface area contributed by atoms with Gasteiger partial charge in [0.2, 0.25) is 11.8 Å². The van der Waals surface area contributed by atoms with Crippen LogP contribution in [0.1, 0.15) is 17.5 Å². The van der Waals surface area contributed by atoms with E-state index in [0.29, 0.717) is 24.6 Å². The lowest BCUT2D eigenvalue weighted by atomic mass is 10.2. The number of benzene rings is 2. The molecule has 2 aromatic carbocycles. The van der Waals surface area contributed by atoms with E-state index in [9.17, 15) is 9.59 Å². The molecular weight excluding hydrogens is 436 g/mol. The molecule has 0 saturated heterocycles. The number of likely N-dealkylation sites (N-methyl/N-ethyl adjacent to an activating group) is 1. The first-order chi connectivity index (χ1) is 16.4. The smallest absolute Gasteiger partial charge is 0.244 e. The molecule has 9 nitrogen and oxygen atoms in total. The molecule has 1 aromatic heterocycles. The van der Waals surface area contributed by atoms with E-state index in [2.05, 4.69) is 10.4 Å². The molecule has 0 aliphatic heterocycles. The van der Waals surface area contributed by atoms with Crippen LogP contribution in [0.4, 0.5) is 5.69 Å². The molecule has 9 heteroatoms. The van der Waals surface area contributed by atoms with E-state index in [1.54, 1.807) is 42.4 Å². The number of rotatable bonds is 12. The third-order valence-corrected chi connectivity index (χ3v) is 5.06. The number of aryl methyl sites for hydroxylation is 1. The van der Waals surface area contributed by atoms with Gasteiger partial charge in [-0.1, -0.05) is 29.8 Å². The van der Waals surface area contributed by atoms with Crippen LogP contribution >= 0.6 is 0 Å². The summed E-state index contributed by atoms with van der Waals surface area (Å²) in [6, 6.07) is 14.8. The fourth-order valence-corrected chi connectivity index (χ4v) is 3.01. The number of aromatic nitrogens is 2. The summed E-state index contributed by atoms with van der Waals surface area (Å²) in [6.45, 7) is 3.09. The molecule has 0 saturated carbocycles. The van der Waals surface area contributed by atoms with Gasteiger partial charge in [-0.25, -0.2) is 0 Å². The average Bonchev–Trinajstić information content (AvgIpc) is 3.27. The summed E-state index contributed by atoms with van der Waals surface area (Å²) in [7, 11) is 1.71. The summed E-state index contributed by atoms with van der Waals surface area (Å²) in [5.74, 6) is 1.06. The summed E-state index contributed by atoms with van der Waals surface area (Å²) in [5, 5.41) is 15.9. The van der Waals surface area contributed by atoms with Crippen LogP contribution in [0.2, 0.25) is 0 Å². The standard InChI is InChI=1S/C25H30N4O5/c1-19-3-7-22(8-4-19)34-14-12-28(2)25(32)17-29-16-21(15-26-29)27-24(31)11-13-33-23-9-5-20(18-30)6-10-23/h3-10,15-16,30H,11-14,17-18H2,1-2H3,(H,27,31). The molecule has 3 aromatic rings. The Hall–Kier alpha value is -3.85. The number of aliphatic hydroxyl groups is 1. The summed E-state index contributed by atoms with van der Waals surface area (Å²) in [6.07, 6.45) is 3.27. The number of anilines is 1. The number of amides is 2. The summed E-state index contributed by atoms with van der Waals surface area (Å²) < 4.78 is 12.7. The Kier molecular flexibility index (Phi) is 9.04. The number of hydrogen-bond donors (Lipinski definition) is 2. The quantitative estimate of drug-likeness (QED) is 0.425. The highest BCUT2D eigenvalue weighted by atomic mass is 16.5. The van der Waals surface area contributed by atoms with Gasteiger partial charge in [0, 0.05) is 13.2 Å². The number of nitrogens with one attached hydrogen (secondary N) is 1. The highest BCUT2D eigenvalue weighted by Gasteiger charge is 2.12. The molecule has 0 bridgehead atoms. The second kappa shape index (κ2) is 12.4. The van der Waals surface area contributed by atoms with Crippen molar-refractivity contribution in [1.29, 1.82) is 0 Å². The van der Waals surface area contributed by atoms with Crippen molar-refractivity contribution in [3.05, 3.63) is 72.1 Å². The van der Waals surface area contributed by atoms with Crippen LogP contribution in [0, 0.1) is 6.92 Å². The molecule has 0 aliphatic rings. The largest absolute Gasteiger partial charge is 0.493 e. The highest BCUT2D eigenvalue weighted by Crippen LogP contribution is 2.13. The third-order valence-electron chi connectivity index (χ3n) is 5.06. The second-order valence-corrected chi connectivity index (χ2v) is 7.85. The van der Waals surface area contributed by atoms with Crippen LogP contribution in [0.25, 0.3) is 0 Å². The van der Waals surface area contributed by atoms with Crippen molar-refractivity contribution in [2.24, 2.45) is 0 Å². The normalized spacial score (nSPS) is 10.6. The van der Waals surface area contributed by atoms with Gasteiger partial charge in [-0.3, -0.25) is 14.3 Å². The first-order valence-electron chi connectivity index (χ1n) is 11.0. The molecular formula is C25H30N4O5. The summed E-state index contributed by atoms with van der Waals surface area (Å²) in [4.78, 5) is 26.2. The SMILES string of the molecule is Cc1ccc(OCCN(C)C(=O)Cn2cc(NC(=O)CCOc3ccc(CO)cc3)cn2)cc1. The van der Waals surface area contributed by atoms with E-state index in [0.717, 1.165) is 16.9 Å². The van der Waals surface area contributed by atoms with Crippen molar-refractivity contribution >= 4 is 17.5 Å². The summed E-state index contributed by atoms with van der Waals surface area (Å²) >= 11 is 0. The zero-order valence-corrected chi connectivity index (χ0v) is 19.4. The van der Waals surface area contributed by atoms with E-state index < -0.39 is 0 Å². The van der Waals surface area contributed by atoms with E-state index in [4.69, 9.17) is 14.6 Å². The Morgan fingerprint density at radius 1 is 1.03 bits per heavy atom. The van der Waals surface area contributed by atoms with Crippen LogP contribution in [-0.2, 0) is 22.7 Å². The molecule has 180 valence electrons. The average molecular weight is 467 g/mol. The Labute approximate surface area is 198 Å². The molecule has 2 amide bonds. The van der Waals surface area contributed by atoms with Gasteiger partial charge in [-0.2, -0.15) is 5.10 Å². The molecule has 2 N–H and O–H groups in total. The number of aliphatic hydroxyl groups excluding tert-OH is 1. The lowest BCUT2D eigenvalue weighted by Crippen LogP contribution is -2.33. The number of carbonyl (C=O) groups excluding carboxylic acids is 2. The van der Waals surface area contributed by atoms with Crippen LogP contribution in [0.5, 0.6) is 11.5 Å². The van der Waals surface area contributed by atoms with Gasteiger partial charge in [0.05, 0.1) is 38.1 Å². The Morgan fingerprint density at radius 2 is 1.68 bits per heavy atom. The lowest BCUT2D eigenvalue weighted by molar-refractivity contribution is -0.131. The minimum Gasteiger partial charge on any atom is -0.493 e. The molecule has 0 spiro atoms. The predicted octanol–water partition coefficient (Wildman–Crippen LogP) is 2.63. The third kappa shape index (κ3) is 7.93. The monoisotopic (exact) mass is 466 g/mol. The molecule has 0 fully saturated rings. The van der Waals surface area contributed by atoms with Gasteiger partial charge < -0.3 is 24.8 Å². The molecule has 3 rings (SSSR count). The minimum atomic E-state index is -0.219. The van der Waals surface area contributed by atoms with E-state index in [-0.39, 0.29) is 38.0 Å². The zero-order valence-electron chi connectivity index (χ0n) is 19.4. The number of ether oxygens (including phenoxy) is 2. The van der Waals surface area contributed by atoms with Crippen molar-refractivity contribution in [3.8, 4) is 11.5 Å². The second-order valence-electron chi connectivity index (χ2n) is 7.85. The van der Waals surface area contributed by atoms with E-state index in [1.165, 1.54) is 10.9 Å². The van der Waals surface area contributed by atoms with Gasteiger partial charge in [0.15, 0.2) is 0 Å². The fraction of sp³-hybridized carbons (Fsp3) is 0.320. The van der Waals surface area contributed by atoms with Crippen LogP contribution in [0.3, 0.4) is 0 Å². The molecule has 0 atom stereocenters. The maximum absolute atomic E-state index is 12.4. The fourth-order valence-electron chi connectivity index (χ4n) is 3.01. The molecule has 0 radical (unpaired) electrons.